The molecule has 0 saturated heterocycles. The lowest BCUT2D eigenvalue weighted by molar-refractivity contribution is -0.384. The number of nitro groups is 1. The Morgan fingerprint density at radius 3 is 2.08 bits per heavy atom. The van der Waals surface area contributed by atoms with E-state index < -0.39 is 31.4 Å². The maximum atomic E-state index is 12.6. The van der Waals surface area contributed by atoms with Gasteiger partial charge in [-0.3, -0.25) is 10.1 Å². The minimum absolute atomic E-state index is 0.0611. The zero-order chi connectivity index (χ0) is 18.7. The molecule has 0 aliphatic carbocycles. The molecule has 0 saturated carbocycles. The van der Waals surface area contributed by atoms with Crippen molar-refractivity contribution in [3.05, 3.63) is 64.7 Å². The van der Waals surface area contributed by atoms with Crippen LogP contribution in [0.5, 0.6) is 0 Å². The molecule has 0 radical (unpaired) electrons. The van der Waals surface area contributed by atoms with Crippen LogP contribution in [-0.2, 0) is 20.9 Å². The molecule has 0 aliphatic rings. The van der Waals surface area contributed by atoms with Gasteiger partial charge in [-0.2, -0.15) is 8.42 Å². The largest absolute Gasteiger partial charge is 0.289 e. The summed E-state index contributed by atoms with van der Waals surface area (Å²) in [6.07, 6.45) is 0. The second-order valence-corrected chi connectivity index (χ2v) is 9.51. The van der Waals surface area contributed by atoms with Gasteiger partial charge in [0.15, 0.2) is 0 Å². The maximum Gasteiger partial charge on any atom is 0.289 e. The molecule has 1 unspecified atom stereocenters. The third kappa shape index (κ3) is 5.45. The van der Waals surface area contributed by atoms with Gasteiger partial charge in [0, 0.05) is 33.4 Å². The molecule has 0 aromatic heterocycles. The molecule has 2 aromatic carbocycles. The number of non-ortho nitro benzene ring substituents is 1. The summed E-state index contributed by atoms with van der Waals surface area (Å²) >= 11 is 0. The molecular formula is C16H19N3O4S2. The van der Waals surface area contributed by atoms with E-state index in [4.69, 9.17) is 0 Å². The van der Waals surface area contributed by atoms with Crippen LogP contribution in [-0.4, -0.2) is 18.9 Å². The fourth-order valence-electron chi connectivity index (χ4n) is 1.84. The van der Waals surface area contributed by atoms with E-state index in [0.29, 0.717) is 4.90 Å². The van der Waals surface area contributed by atoms with Gasteiger partial charge in [-0.05, 0) is 45.0 Å². The van der Waals surface area contributed by atoms with Gasteiger partial charge < -0.3 is 0 Å². The van der Waals surface area contributed by atoms with E-state index in [1.807, 2.05) is 20.8 Å². The van der Waals surface area contributed by atoms with Crippen molar-refractivity contribution in [1.82, 2.24) is 4.72 Å². The van der Waals surface area contributed by atoms with Gasteiger partial charge in [0.05, 0.1) is 9.82 Å². The van der Waals surface area contributed by atoms with Crippen LogP contribution in [0.2, 0.25) is 0 Å². The van der Waals surface area contributed by atoms with E-state index in [2.05, 4.69) is 8.49 Å². The van der Waals surface area contributed by atoms with Crippen molar-refractivity contribution in [3.63, 3.8) is 0 Å². The molecule has 1 atom stereocenters. The van der Waals surface area contributed by atoms with Crippen LogP contribution in [0.25, 0.3) is 0 Å². The minimum Gasteiger partial charge on any atom is -0.258 e. The van der Waals surface area contributed by atoms with Gasteiger partial charge in [0.2, 0.25) is 0 Å². The first-order chi connectivity index (χ1) is 11.6. The normalized spacial score (nSPS) is 13.6. The number of rotatable bonds is 5. The highest BCUT2D eigenvalue weighted by atomic mass is 32.3. The molecule has 2 aromatic rings. The summed E-state index contributed by atoms with van der Waals surface area (Å²) in [6.45, 7) is 5.68. The van der Waals surface area contributed by atoms with Crippen LogP contribution in [0.15, 0.2) is 68.2 Å². The standard InChI is InChI=1S/C16H19N3O4S2/c1-16(2,3)17-24(14-11-9-13(10-12-14)19(20)21)18-25(22,23)15-7-5-4-6-8-15/h4-12H,1-3H3,(H,17,18). The second kappa shape index (κ2) is 7.42. The number of nitrogens with zero attached hydrogens (tertiary/aromatic N) is 2. The molecule has 134 valence electrons. The number of nitro benzene ring substituents is 1. The summed E-state index contributed by atoms with van der Waals surface area (Å²) in [5.41, 5.74) is -0.463. The Labute approximate surface area is 149 Å². The van der Waals surface area contributed by atoms with Gasteiger partial charge in [-0.1, -0.05) is 18.2 Å². The van der Waals surface area contributed by atoms with Crippen molar-refractivity contribution in [3.8, 4) is 0 Å². The summed E-state index contributed by atoms with van der Waals surface area (Å²) in [6, 6.07) is 13.7. The minimum atomic E-state index is -3.87. The Morgan fingerprint density at radius 1 is 1.04 bits per heavy atom. The summed E-state index contributed by atoms with van der Waals surface area (Å²) in [7, 11) is -5.05. The van der Waals surface area contributed by atoms with Crippen molar-refractivity contribution >= 4 is 26.6 Å². The van der Waals surface area contributed by atoms with Gasteiger partial charge in [-0.25, -0.2) is 4.72 Å². The quantitative estimate of drug-likeness (QED) is 0.631. The molecule has 0 spiro atoms. The zero-order valence-corrected chi connectivity index (χ0v) is 15.7. The summed E-state index contributed by atoms with van der Waals surface area (Å²) in [4.78, 5) is 11.0. The number of hydrogen-bond donors (Lipinski definition) is 1. The molecule has 0 aliphatic heterocycles. The summed E-state index contributed by atoms with van der Waals surface area (Å²) < 4.78 is 32.3. The van der Waals surface area contributed by atoms with Crippen molar-refractivity contribution in [2.45, 2.75) is 36.1 Å². The lowest BCUT2D eigenvalue weighted by Gasteiger charge is -2.22. The van der Waals surface area contributed by atoms with Crippen molar-refractivity contribution in [1.29, 1.82) is 0 Å². The van der Waals surface area contributed by atoms with Crippen LogP contribution in [0, 0.1) is 10.1 Å². The topological polar surface area (TPSA) is 102 Å². The average Bonchev–Trinajstić information content (AvgIpc) is 2.53. The molecule has 2 rings (SSSR count). The van der Waals surface area contributed by atoms with Crippen LogP contribution in [0.1, 0.15) is 20.8 Å². The molecule has 0 amide bonds. The fourth-order valence-corrected chi connectivity index (χ4v) is 5.06. The first-order valence-corrected chi connectivity index (χ1v) is 10.0. The predicted octanol–water partition coefficient (Wildman–Crippen LogP) is 3.45. The van der Waals surface area contributed by atoms with Crippen molar-refractivity contribution in [2.75, 3.05) is 0 Å². The zero-order valence-electron chi connectivity index (χ0n) is 14.0. The van der Waals surface area contributed by atoms with Gasteiger partial charge in [0.1, 0.15) is 0 Å². The highest BCUT2D eigenvalue weighted by molar-refractivity contribution is 7.99. The van der Waals surface area contributed by atoms with Crippen LogP contribution in [0.4, 0.5) is 5.69 Å². The highest BCUT2D eigenvalue weighted by Crippen LogP contribution is 2.20. The van der Waals surface area contributed by atoms with E-state index in [1.165, 1.54) is 36.4 Å². The maximum absolute atomic E-state index is 12.6. The Kier molecular flexibility index (Phi) is 5.71. The lowest BCUT2D eigenvalue weighted by Crippen LogP contribution is -2.37. The first kappa shape index (κ1) is 19.2. The van der Waals surface area contributed by atoms with Crippen molar-refractivity contribution < 1.29 is 13.3 Å². The van der Waals surface area contributed by atoms with Crippen LogP contribution < -0.4 is 4.72 Å². The molecule has 0 fully saturated rings. The number of nitrogens with one attached hydrogen (secondary N) is 1. The molecule has 25 heavy (non-hydrogen) atoms. The highest BCUT2D eigenvalue weighted by Gasteiger charge is 2.19. The van der Waals surface area contributed by atoms with Crippen LogP contribution in [0.3, 0.4) is 0 Å². The average molecular weight is 381 g/mol. The van der Waals surface area contributed by atoms with Crippen molar-refractivity contribution in [2.24, 2.45) is 3.77 Å². The van der Waals surface area contributed by atoms with E-state index >= 15 is 0 Å². The summed E-state index contributed by atoms with van der Waals surface area (Å²) in [5.74, 6) is 0. The van der Waals surface area contributed by atoms with Gasteiger partial charge in [-0.15, -0.1) is 3.77 Å². The van der Waals surface area contributed by atoms with E-state index in [1.54, 1.807) is 18.2 Å². The molecule has 0 bridgehead atoms. The first-order valence-electron chi connectivity index (χ1n) is 7.38. The molecular weight excluding hydrogens is 362 g/mol. The Hall–Kier alpha value is -2.10. The van der Waals surface area contributed by atoms with E-state index in [-0.39, 0.29) is 10.6 Å². The SMILES string of the molecule is CC(C)(C)N/S(=N/S(=O)(=O)c1ccccc1)c1ccc([N+](=O)[O-])cc1. The third-order valence-electron chi connectivity index (χ3n) is 2.89. The second-order valence-electron chi connectivity index (χ2n) is 6.25. The molecule has 1 N–H and O–H groups in total. The van der Waals surface area contributed by atoms with E-state index in [9.17, 15) is 18.5 Å². The summed E-state index contributed by atoms with van der Waals surface area (Å²) in [5, 5.41) is 10.8. The van der Waals surface area contributed by atoms with Gasteiger partial charge in [0.25, 0.3) is 15.7 Å². The molecule has 7 nitrogen and oxygen atoms in total. The smallest absolute Gasteiger partial charge is 0.258 e. The number of benzene rings is 2. The van der Waals surface area contributed by atoms with Crippen LogP contribution >= 0.6 is 0 Å². The Morgan fingerprint density at radius 2 is 1.60 bits per heavy atom. The lowest BCUT2D eigenvalue weighted by atomic mass is 10.1. The third-order valence-corrected chi connectivity index (χ3v) is 6.66. The van der Waals surface area contributed by atoms with Gasteiger partial charge >= 0.3 is 0 Å². The molecule has 9 heteroatoms. The fraction of sp³-hybridized carbons (Fsp3) is 0.250. The number of sulfonamides is 1. The Balaban J connectivity index is 2.51. The number of hydrogen-bond acceptors (Lipinski definition) is 4. The predicted molar refractivity (Wildman–Crippen MR) is 97.7 cm³/mol. The Bertz CT molecular complexity index is 887. The monoisotopic (exact) mass is 381 g/mol. The van der Waals surface area contributed by atoms with E-state index in [0.717, 1.165) is 0 Å². The molecule has 0 heterocycles.